The Labute approximate surface area is 111 Å². The molecule has 0 N–H and O–H groups in total. The van der Waals surface area contributed by atoms with E-state index in [1.807, 2.05) is 6.07 Å². The first-order valence-electron chi connectivity index (χ1n) is 6.63. The van der Waals surface area contributed by atoms with Gasteiger partial charge in [0.05, 0.1) is 22.1 Å². The second kappa shape index (κ2) is 3.60. The molecular formula is C16H15N3. The van der Waals surface area contributed by atoms with Crippen molar-refractivity contribution >= 4 is 27.8 Å². The number of rotatable bonds is 1. The van der Waals surface area contributed by atoms with Crippen molar-refractivity contribution in [1.82, 2.24) is 14.0 Å². The van der Waals surface area contributed by atoms with Gasteiger partial charge in [0.1, 0.15) is 0 Å². The molecule has 0 atom stereocenters. The van der Waals surface area contributed by atoms with Gasteiger partial charge in [-0.3, -0.25) is 4.40 Å². The van der Waals surface area contributed by atoms with Crippen LogP contribution >= 0.6 is 0 Å². The van der Waals surface area contributed by atoms with Gasteiger partial charge in [-0.15, -0.1) is 0 Å². The lowest BCUT2D eigenvalue weighted by atomic mass is 10.3. The molecule has 0 amide bonds. The van der Waals surface area contributed by atoms with E-state index in [-0.39, 0.29) is 0 Å². The Morgan fingerprint density at radius 2 is 1.47 bits per heavy atom. The molecule has 2 aromatic carbocycles. The molecule has 2 aromatic heterocycles. The quantitative estimate of drug-likeness (QED) is 0.499. The molecule has 94 valence electrons. The van der Waals surface area contributed by atoms with Crippen molar-refractivity contribution in [2.75, 3.05) is 0 Å². The minimum absolute atomic E-state index is 0.388. The van der Waals surface area contributed by atoms with E-state index in [0.717, 1.165) is 11.3 Å². The van der Waals surface area contributed by atoms with Gasteiger partial charge in [0.15, 0.2) is 0 Å². The zero-order valence-electron chi connectivity index (χ0n) is 11.0. The lowest BCUT2D eigenvalue weighted by molar-refractivity contribution is 0.633. The van der Waals surface area contributed by atoms with Gasteiger partial charge in [-0.05, 0) is 38.1 Å². The normalized spacial score (nSPS) is 12.2. The molecule has 0 radical (unpaired) electrons. The lowest BCUT2D eigenvalue weighted by Gasteiger charge is -2.08. The van der Waals surface area contributed by atoms with Crippen LogP contribution in [0.1, 0.15) is 19.9 Å². The highest BCUT2D eigenvalue weighted by Gasteiger charge is 2.16. The average Bonchev–Trinajstić information content (AvgIpc) is 2.91. The predicted octanol–water partition coefficient (Wildman–Crippen LogP) is 4.02. The highest BCUT2D eigenvalue weighted by atomic mass is 15.2. The van der Waals surface area contributed by atoms with Gasteiger partial charge in [-0.2, -0.15) is 0 Å². The Balaban J connectivity index is 2.34. The van der Waals surface area contributed by atoms with Gasteiger partial charge >= 0.3 is 0 Å². The molecule has 4 rings (SSSR count). The van der Waals surface area contributed by atoms with Crippen LogP contribution in [0.3, 0.4) is 0 Å². The van der Waals surface area contributed by atoms with E-state index in [9.17, 15) is 0 Å². The van der Waals surface area contributed by atoms with Crippen molar-refractivity contribution in [2.24, 2.45) is 0 Å². The van der Waals surface area contributed by atoms with E-state index in [4.69, 9.17) is 4.98 Å². The van der Waals surface area contributed by atoms with Crippen LogP contribution < -0.4 is 0 Å². The maximum absolute atomic E-state index is 4.80. The summed E-state index contributed by atoms with van der Waals surface area (Å²) in [6.07, 6.45) is 0. The summed E-state index contributed by atoms with van der Waals surface area (Å²) in [7, 11) is 0. The fraction of sp³-hybridized carbons (Fsp3) is 0.188. The first-order chi connectivity index (χ1) is 9.27. The summed E-state index contributed by atoms with van der Waals surface area (Å²) >= 11 is 0. The van der Waals surface area contributed by atoms with Crippen molar-refractivity contribution in [3.63, 3.8) is 0 Å². The van der Waals surface area contributed by atoms with E-state index in [0.29, 0.717) is 6.04 Å². The van der Waals surface area contributed by atoms with Gasteiger partial charge in [0, 0.05) is 6.04 Å². The van der Waals surface area contributed by atoms with Crippen LogP contribution in [0, 0.1) is 0 Å². The van der Waals surface area contributed by atoms with Crippen LogP contribution in [0.15, 0.2) is 48.5 Å². The van der Waals surface area contributed by atoms with Crippen molar-refractivity contribution in [1.29, 1.82) is 0 Å². The maximum atomic E-state index is 4.80. The number of aromatic nitrogens is 3. The topological polar surface area (TPSA) is 22.2 Å². The second-order valence-corrected chi connectivity index (χ2v) is 5.19. The molecule has 4 aromatic rings. The number of hydrogen-bond acceptors (Lipinski definition) is 1. The summed E-state index contributed by atoms with van der Waals surface area (Å²) in [5.41, 5.74) is 4.69. The maximum Gasteiger partial charge on any atom is 0.216 e. The third-order valence-electron chi connectivity index (χ3n) is 3.66. The van der Waals surface area contributed by atoms with Gasteiger partial charge in [0.25, 0.3) is 0 Å². The van der Waals surface area contributed by atoms with Gasteiger partial charge in [-0.1, -0.05) is 24.3 Å². The van der Waals surface area contributed by atoms with Gasteiger partial charge < -0.3 is 4.57 Å². The highest BCUT2D eigenvalue weighted by molar-refractivity contribution is 5.90. The largest absolute Gasteiger partial charge is 0.307 e. The number of nitrogens with zero attached hydrogens (tertiary/aromatic N) is 3. The van der Waals surface area contributed by atoms with E-state index in [2.05, 4.69) is 65.3 Å². The van der Waals surface area contributed by atoms with Gasteiger partial charge in [-0.25, -0.2) is 4.98 Å². The van der Waals surface area contributed by atoms with E-state index in [1.165, 1.54) is 16.6 Å². The Morgan fingerprint density at radius 3 is 2.21 bits per heavy atom. The van der Waals surface area contributed by atoms with Crippen molar-refractivity contribution < 1.29 is 0 Å². The fourth-order valence-corrected chi connectivity index (χ4v) is 2.89. The molecule has 0 aliphatic rings. The van der Waals surface area contributed by atoms with Crippen LogP contribution in [0.4, 0.5) is 0 Å². The fourth-order valence-electron chi connectivity index (χ4n) is 2.89. The van der Waals surface area contributed by atoms with Crippen molar-refractivity contribution in [3.05, 3.63) is 48.5 Å². The summed E-state index contributed by atoms with van der Waals surface area (Å²) in [6.45, 7) is 4.40. The monoisotopic (exact) mass is 249 g/mol. The van der Waals surface area contributed by atoms with E-state index >= 15 is 0 Å². The minimum Gasteiger partial charge on any atom is -0.307 e. The molecule has 0 aliphatic heterocycles. The Morgan fingerprint density at radius 1 is 0.842 bits per heavy atom. The number of fused-ring (bicyclic) bond motifs is 5. The molecule has 0 unspecified atom stereocenters. The molecule has 0 aliphatic carbocycles. The predicted molar refractivity (Wildman–Crippen MR) is 78.6 cm³/mol. The van der Waals surface area contributed by atoms with Crippen LogP contribution in [0.25, 0.3) is 27.8 Å². The Hall–Kier alpha value is -2.29. The van der Waals surface area contributed by atoms with E-state index in [1.54, 1.807) is 0 Å². The average molecular weight is 249 g/mol. The standard InChI is InChI=1S/C16H15N3/c1-11(2)18-14-9-5-6-10-15(14)19-13-8-4-3-7-12(13)17-16(18)19/h3-11H,1-2H3. The molecule has 0 saturated carbocycles. The van der Waals surface area contributed by atoms with Crippen molar-refractivity contribution in [2.45, 2.75) is 19.9 Å². The summed E-state index contributed by atoms with van der Waals surface area (Å²) in [5, 5.41) is 0. The summed E-state index contributed by atoms with van der Waals surface area (Å²) in [4.78, 5) is 4.80. The molecule has 3 heteroatoms. The smallest absolute Gasteiger partial charge is 0.216 e. The number of imidazole rings is 2. The molecule has 2 heterocycles. The Bertz CT molecular complexity index is 896. The number of hydrogen-bond donors (Lipinski definition) is 0. The van der Waals surface area contributed by atoms with Gasteiger partial charge in [0.2, 0.25) is 5.78 Å². The minimum atomic E-state index is 0.388. The SMILES string of the molecule is CC(C)n1c2ccccc2n2c3ccccc3nc12. The zero-order valence-corrected chi connectivity index (χ0v) is 11.0. The first-order valence-corrected chi connectivity index (χ1v) is 6.63. The van der Waals surface area contributed by atoms with E-state index < -0.39 is 0 Å². The first kappa shape index (κ1) is 10.6. The molecular weight excluding hydrogens is 234 g/mol. The third kappa shape index (κ3) is 1.30. The van der Waals surface area contributed by atoms with Crippen LogP contribution in [-0.2, 0) is 0 Å². The summed E-state index contributed by atoms with van der Waals surface area (Å²) in [5.74, 6) is 1.03. The second-order valence-electron chi connectivity index (χ2n) is 5.19. The van der Waals surface area contributed by atoms with Crippen LogP contribution in [0.2, 0.25) is 0 Å². The van der Waals surface area contributed by atoms with Crippen molar-refractivity contribution in [3.8, 4) is 0 Å². The molecule has 19 heavy (non-hydrogen) atoms. The van der Waals surface area contributed by atoms with Crippen LogP contribution in [0.5, 0.6) is 0 Å². The summed E-state index contributed by atoms with van der Waals surface area (Å²) in [6, 6.07) is 17.2. The van der Waals surface area contributed by atoms with Crippen LogP contribution in [-0.4, -0.2) is 14.0 Å². The molecule has 0 bridgehead atoms. The number of benzene rings is 2. The lowest BCUT2D eigenvalue weighted by Crippen LogP contribution is -2.00. The third-order valence-corrected chi connectivity index (χ3v) is 3.66. The summed E-state index contributed by atoms with van der Waals surface area (Å²) < 4.78 is 4.56. The highest BCUT2D eigenvalue weighted by Crippen LogP contribution is 2.28. The molecule has 0 saturated heterocycles. The zero-order chi connectivity index (χ0) is 13.0. The molecule has 0 fully saturated rings. The number of para-hydroxylation sites is 4. The Kier molecular flexibility index (Phi) is 2.01. The molecule has 0 spiro atoms. The molecule has 3 nitrogen and oxygen atoms in total.